The Morgan fingerprint density at radius 3 is 2.74 bits per heavy atom. The van der Waals surface area contributed by atoms with Gasteiger partial charge < -0.3 is 26.0 Å². The summed E-state index contributed by atoms with van der Waals surface area (Å²) in [5.41, 5.74) is 6.12. The molecule has 1 saturated heterocycles. The van der Waals surface area contributed by atoms with E-state index >= 15 is 0 Å². The third-order valence-electron chi connectivity index (χ3n) is 4.21. The quantitative estimate of drug-likeness (QED) is 0.279. The molecule has 1 aliphatic heterocycles. The van der Waals surface area contributed by atoms with Gasteiger partial charge in [0.2, 0.25) is 0 Å². The number of benzene rings is 1. The summed E-state index contributed by atoms with van der Waals surface area (Å²) < 4.78 is 5.33. The highest BCUT2D eigenvalue weighted by Crippen LogP contribution is 2.14. The fourth-order valence-corrected chi connectivity index (χ4v) is 2.92. The molecule has 0 spiro atoms. The molecule has 0 saturated carbocycles. The number of rotatable bonds is 9. The van der Waals surface area contributed by atoms with E-state index in [4.69, 9.17) is 10.5 Å². The Morgan fingerprint density at radius 2 is 2.04 bits per heavy atom. The molecule has 0 radical (unpaired) electrons. The van der Waals surface area contributed by atoms with Crippen LogP contribution in [0.5, 0.6) is 5.75 Å². The molecular weight excluding hydrogens is 457 g/mol. The fraction of sp³-hybridized carbons (Fsp3) is 0.579. The van der Waals surface area contributed by atoms with Gasteiger partial charge in [-0.25, -0.2) is 4.99 Å². The monoisotopic (exact) mass is 489 g/mol. The Kier molecular flexibility index (Phi) is 11.8. The Balaban J connectivity index is 0.00000364. The Hall–Kier alpha value is -1.55. The second-order valence-electron chi connectivity index (χ2n) is 6.43. The molecule has 2 rings (SSSR count). The summed E-state index contributed by atoms with van der Waals surface area (Å²) in [5.74, 6) is 0.952. The van der Waals surface area contributed by atoms with Crippen LogP contribution >= 0.6 is 24.0 Å². The number of nitrogens with one attached hydrogen (secondary N) is 2. The van der Waals surface area contributed by atoms with Crippen LogP contribution in [0.25, 0.3) is 0 Å². The number of piperidine rings is 1. The first-order chi connectivity index (χ1) is 12.7. The van der Waals surface area contributed by atoms with Gasteiger partial charge in [0.05, 0.1) is 6.54 Å². The van der Waals surface area contributed by atoms with E-state index in [-0.39, 0.29) is 30.6 Å². The van der Waals surface area contributed by atoms with Crippen LogP contribution < -0.4 is 21.1 Å². The SMILES string of the molecule is CCNC(=NCc1cccc(OCC(N)=O)c1)NCCN1CCCCC1.I. The standard InChI is InChI=1S/C19H31N5O2.HI/c1-2-21-19(22-9-12-24-10-4-3-5-11-24)23-14-16-7-6-8-17(13-16)26-15-18(20)25;/h6-8,13H,2-5,9-12,14-15H2,1H3,(H2,20,25)(H2,21,22,23);1H. The predicted octanol–water partition coefficient (Wildman–Crippen LogP) is 1.71. The number of nitrogens with zero attached hydrogens (tertiary/aromatic N) is 2. The van der Waals surface area contributed by atoms with Gasteiger partial charge in [0.1, 0.15) is 5.75 Å². The molecule has 7 nitrogen and oxygen atoms in total. The van der Waals surface area contributed by atoms with Gasteiger partial charge >= 0.3 is 0 Å². The van der Waals surface area contributed by atoms with E-state index in [0.29, 0.717) is 12.3 Å². The molecule has 4 N–H and O–H groups in total. The smallest absolute Gasteiger partial charge is 0.255 e. The van der Waals surface area contributed by atoms with Crippen molar-refractivity contribution in [1.29, 1.82) is 0 Å². The highest BCUT2D eigenvalue weighted by atomic mass is 127. The molecule has 1 aromatic rings. The third-order valence-corrected chi connectivity index (χ3v) is 4.21. The van der Waals surface area contributed by atoms with Crippen molar-refractivity contribution in [2.24, 2.45) is 10.7 Å². The van der Waals surface area contributed by atoms with Crippen molar-refractivity contribution < 1.29 is 9.53 Å². The molecule has 1 aromatic carbocycles. The summed E-state index contributed by atoms with van der Waals surface area (Å²) in [6, 6.07) is 7.55. The fourth-order valence-electron chi connectivity index (χ4n) is 2.92. The molecule has 0 unspecified atom stereocenters. The van der Waals surface area contributed by atoms with Crippen LogP contribution in [0.1, 0.15) is 31.7 Å². The molecule has 8 heteroatoms. The molecule has 0 bridgehead atoms. The van der Waals surface area contributed by atoms with Crippen molar-refractivity contribution in [3.8, 4) is 5.75 Å². The lowest BCUT2D eigenvalue weighted by molar-refractivity contribution is -0.119. The second-order valence-corrected chi connectivity index (χ2v) is 6.43. The van der Waals surface area contributed by atoms with E-state index in [2.05, 4.69) is 27.4 Å². The normalized spacial score (nSPS) is 14.9. The van der Waals surface area contributed by atoms with E-state index in [0.717, 1.165) is 31.2 Å². The van der Waals surface area contributed by atoms with Crippen LogP contribution in [-0.4, -0.2) is 56.1 Å². The van der Waals surface area contributed by atoms with Gasteiger partial charge in [0.25, 0.3) is 5.91 Å². The molecule has 1 amide bonds. The summed E-state index contributed by atoms with van der Waals surface area (Å²) >= 11 is 0. The lowest BCUT2D eigenvalue weighted by Crippen LogP contribution is -2.42. The van der Waals surface area contributed by atoms with Gasteiger partial charge in [-0.05, 0) is 50.6 Å². The number of aliphatic imine (C=N–C) groups is 1. The van der Waals surface area contributed by atoms with Gasteiger partial charge in [-0.2, -0.15) is 0 Å². The first-order valence-corrected chi connectivity index (χ1v) is 9.42. The van der Waals surface area contributed by atoms with E-state index in [9.17, 15) is 4.79 Å². The van der Waals surface area contributed by atoms with Gasteiger partial charge in [-0.3, -0.25) is 4.79 Å². The largest absolute Gasteiger partial charge is 0.484 e. The molecule has 0 aromatic heterocycles. The molecular formula is C19H32IN5O2. The number of amides is 1. The summed E-state index contributed by atoms with van der Waals surface area (Å²) in [5, 5.41) is 6.67. The van der Waals surface area contributed by atoms with Crippen molar-refractivity contribution in [2.75, 3.05) is 39.3 Å². The minimum Gasteiger partial charge on any atom is -0.484 e. The zero-order chi connectivity index (χ0) is 18.6. The first kappa shape index (κ1) is 23.5. The molecule has 27 heavy (non-hydrogen) atoms. The molecule has 1 aliphatic rings. The highest BCUT2D eigenvalue weighted by molar-refractivity contribution is 14.0. The van der Waals surface area contributed by atoms with Crippen molar-refractivity contribution in [3.63, 3.8) is 0 Å². The molecule has 152 valence electrons. The van der Waals surface area contributed by atoms with Crippen molar-refractivity contribution in [2.45, 2.75) is 32.7 Å². The third kappa shape index (κ3) is 9.81. The minimum absolute atomic E-state index is 0. The number of nitrogens with two attached hydrogens (primary N) is 1. The highest BCUT2D eigenvalue weighted by Gasteiger charge is 2.09. The van der Waals surface area contributed by atoms with Gasteiger partial charge in [-0.15, -0.1) is 24.0 Å². The maximum absolute atomic E-state index is 10.8. The Labute approximate surface area is 179 Å². The van der Waals surface area contributed by atoms with Gasteiger partial charge in [0, 0.05) is 19.6 Å². The van der Waals surface area contributed by atoms with Crippen LogP contribution in [0.2, 0.25) is 0 Å². The molecule has 0 aliphatic carbocycles. The van der Waals surface area contributed by atoms with Gasteiger partial charge in [0.15, 0.2) is 12.6 Å². The average molecular weight is 489 g/mol. The maximum Gasteiger partial charge on any atom is 0.255 e. The van der Waals surface area contributed by atoms with Crippen molar-refractivity contribution in [1.82, 2.24) is 15.5 Å². The van der Waals surface area contributed by atoms with Crippen LogP contribution in [0.15, 0.2) is 29.3 Å². The van der Waals surface area contributed by atoms with E-state index in [1.165, 1.54) is 32.4 Å². The van der Waals surface area contributed by atoms with Crippen molar-refractivity contribution >= 4 is 35.8 Å². The van der Waals surface area contributed by atoms with Crippen molar-refractivity contribution in [3.05, 3.63) is 29.8 Å². The summed E-state index contributed by atoms with van der Waals surface area (Å²) in [7, 11) is 0. The van der Waals surface area contributed by atoms with E-state index in [1.54, 1.807) is 6.07 Å². The second kappa shape index (κ2) is 13.6. The number of ether oxygens (including phenoxy) is 1. The molecule has 0 atom stereocenters. The molecule has 1 fully saturated rings. The summed E-state index contributed by atoms with van der Waals surface area (Å²) in [6.07, 6.45) is 3.97. The van der Waals surface area contributed by atoms with Crippen LogP contribution in [0, 0.1) is 0 Å². The summed E-state index contributed by atoms with van der Waals surface area (Å²) in [6.45, 7) is 7.62. The van der Waals surface area contributed by atoms with E-state index < -0.39 is 5.91 Å². The summed E-state index contributed by atoms with van der Waals surface area (Å²) in [4.78, 5) is 17.9. The Morgan fingerprint density at radius 1 is 1.26 bits per heavy atom. The number of hydrogen-bond acceptors (Lipinski definition) is 4. The number of guanidine groups is 1. The lowest BCUT2D eigenvalue weighted by atomic mass is 10.1. The zero-order valence-electron chi connectivity index (χ0n) is 16.1. The maximum atomic E-state index is 10.8. The number of likely N-dealkylation sites (tertiary alicyclic amines) is 1. The van der Waals surface area contributed by atoms with Crippen LogP contribution in [0.3, 0.4) is 0 Å². The van der Waals surface area contributed by atoms with Crippen LogP contribution in [0.4, 0.5) is 0 Å². The Bertz CT molecular complexity index is 591. The number of primary amides is 1. The minimum atomic E-state index is -0.485. The average Bonchev–Trinajstić information content (AvgIpc) is 2.65. The van der Waals surface area contributed by atoms with E-state index in [1.807, 2.05) is 18.2 Å². The molecule has 1 heterocycles. The zero-order valence-corrected chi connectivity index (χ0v) is 18.4. The number of hydrogen-bond donors (Lipinski definition) is 3. The predicted molar refractivity (Wildman–Crippen MR) is 120 cm³/mol. The first-order valence-electron chi connectivity index (χ1n) is 9.42. The number of carbonyl (C=O) groups is 1. The lowest BCUT2D eigenvalue weighted by Gasteiger charge is -2.26. The number of halogens is 1. The number of carbonyl (C=O) groups excluding carboxylic acids is 1. The van der Waals surface area contributed by atoms with Crippen LogP contribution in [-0.2, 0) is 11.3 Å². The van der Waals surface area contributed by atoms with Gasteiger partial charge in [-0.1, -0.05) is 18.6 Å². The topological polar surface area (TPSA) is 92.0 Å².